The Kier molecular flexibility index (Phi) is 5.93. The molecule has 0 N–H and O–H groups in total. The maximum atomic E-state index is 12.9. The summed E-state index contributed by atoms with van der Waals surface area (Å²) in [4.78, 5) is 24.4. The van der Waals surface area contributed by atoms with Crippen LogP contribution in [0, 0.1) is 0 Å². The maximum Gasteiger partial charge on any atom is 0.255 e. The van der Waals surface area contributed by atoms with E-state index < -0.39 is 0 Å². The number of amides is 1. The Bertz CT molecular complexity index is 622. The summed E-state index contributed by atoms with van der Waals surface area (Å²) in [5.41, 5.74) is 0.716. The third-order valence-electron chi connectivity index (χ3n) is 6.41. The van der Waals surface area contributed by atoms with E-state index in [0.29, 0.717) is 17.6 Å². The Morgan fingerprint density at radius 1 is 1.04 bits per heavy atom. The molecule has 3 aliphatic heterocycles. The van der Waals surface area contributed by atoms with Crippen molar-refractivity contribution in [1.82, 2.24) is 14.8 Å². The van der Waals surface area contributed by atoms with Gasteiger partial charge in [0.1, 0.15) is 5.82 Å². The lowest BCUT2D eigenvalue weighted by molar-refractivity contribution is 0.00158. The molecule has 1 amide bonds. The molecule has 6 nitrogen and oxygen atoms in total. The molecule has 1 aromatic heterocycles. The maximum absolute atomic E-state index is 12.9. The van der Waals surface area contributed by atoms with Gasteiger partial charge in [-0.15, -0.1) is 0 Å². The molecule has 3 aliphatic rings. The van der Waals surface area contributed by atoms with Crippen molar-refractivity contribution in [2.24, 2.45) is 0 Å². The van der Waals surface area contributed by atoms with Gasteiger partial charge in [-0.25, -0.2) is 4.98 Å². The number of hydrogen-bond donors (Lipinski definition) is 0. The average molecular weight is 373 g/mol. The molecule has 4 heterocycles. The lowest BCUT2D eigenvalue weighted by Gasteiger charge is -2.40. The highest BCUT2D eigenvalue weighted by Gasteiger charge is 2.28. The molecule has 0 aromatic carbocycles. The molecule has 3 saturated heterocycles. The minimum absolute atomic E-state index is 0.126. The van der Waals surface area contributed by atoms with Crippen LogP contribution in [-0.2, 0) is 4.74 Å². The number of piperidine rings is 2. The van der Waals surface area contributed by atoms with Crippen molar-refractivity contribution in [3.63, 3.8) is 0 Å². The van der Waals surface area contributed by atoms with Gasteiger partial charge in [0.05, 0.1) is 18.8 Å². The molecule has 4 rings (SSSR count). The molecular formula is C21H32N4O2. The van der Waals surface area contributed by atoms with Gasteiger partial charge in [-0.1, -0.05) is 0 Å². The lowest BCUT2D eigenvalue weighted by atomic mass is 10.0. The van der Waals surface area contributed by atoms with Gasteiger partial charge < -0.3 is 14.5 Å². The van der Waals surface area contributed by atoms with E-state index in [2.05, 4.69) is 21.7 Å². The predicted molar refractivity (Wildman–Crippen MR) is 106 cm³/mol. The number of nitrogens with zero attached hydrogens (tertiary/aromatic N) is 4. The molecule has 3 fully saturated rings. The first-order chi connectivity index (χ1) is 13.2. The minimum Gasteiger partial charge on any atom is -0.379 e. The van der Waals surface area contributed by atoms with E-state index in [1.807, 2.05) is 17.0 Å². The summed E-state index contributed by atoms with van der Waals surface area (Å²) < 4.78 is 5.45. The van der Waals surface area contributed by atoms with E-state index in [1.54, 1.807) is 6.20 Å². The van der Waals surface area contributed by atoms with Crippen LogP contribution in [0.3, 0.4) is 0 Å². The number of pyridine rings is 1. The number of aromatic nitrogens is 1. The second-order valence-electron chi connectivity index (χ2n) is 8.11. The van der Waals surface area contributed by atoms with Gasteiger partial charge in [0.2, 0.25) is 0 Å². The van der Waals surface area contributed by atoms with E-state index in [1.165, 1.54) is 19.3 Å². The highest BCUT2D eigenvalue weighted by atomic mass is 16.5. The van der Waals surface area contributed by atoms with Crippen LogP contribution in [0.4, 0.5) is 5.82 Å². The van der Waals surface area contributed by atoms with Crippen molar-refractivity contribution >= 4 is 11.7 Å². The number of likely N-dealkylation sites (tertiary alicyclic amines) is 1. The summed E-state index contributed by atoms with van der Waals surface area (Å²) in [6, 6.07) is 5.11. The molecule has 0 radical (unpaired) electrons. The van der Waals surface area contributed by atoms with E-state index >= 15 is 0 Å². The number of anilines is 1. The van der Waals surface area contributed by atoms with E-state index in [4.69, 9.17) is 4.74 Å². The fraction of sp³-hybridized carbons (Fsp3) is 0.714. The van der Waals surface area contributed by atoms with Gasteiger partial charge in [0, 0.05) is 51.0 Å². The number of carbonyl (C=O) groups excluding carboxylic acids is 1. The molecule has 27 heavy (non-hydrogen) atoms. The highest BCUT2D eigenvalue weighted by Crippen LogP contribution is 2.24. The van der Waals surface area contributed by atoms with Crippen LogP contribution in [-0.4, -0.2) is 78.7 Å². The van der Waals surface area contributed by atoms with Gasteiger partial charge in [-0.05, 0) is 51.2 Å². The predicted octanol–water partition coefficient (Wildman–Crippen LogP) is 2.40. The first-order valence-electron chi connectivity index (χ1n) is 10.6. The molecule has 0 bridgehead atoms. The van der Waals surface area contributed by atoms with Crippen LogP contribution >= 0.6 is 0 Å². The van der Waals surface area contributed by atoms with Crippen molar-refractivity contribution in [2.75, 3.05) is 50.8 Å². The van der Waals surface area contributed by atoms with Crippen LogP contribution in [0.5, 0.6) is 0 Å². The number of ether oxygens (including phenoxy) is 1. The molecule has 0 aliphatic carbocycles. The average Bonchev–Trinajstić information content (AvgIpc) is 2.74. The molecule has 0 saturated carbocycles. The van der Waals surface area contributed by atoms with Crippen LogP contribution in [0.25, 0.3) is 0 Å². The van der Waals surface area contributed by atoms with Crippen LogP contribution < -0.4 is 4.90 Å². The van der Waals surface area contributed by atoms with E-state index in [-0.39, 0.29) is 5.91 Å². The van der Waals surface area contributed by atoms with Gasteiger partial charge in [0.25, 0.3) is 5.91 Å². The van der Waals surface area contributed by atoms with E-state index in [0.717, 1.165) is 64.6 Å². The van der Waals surface area contributed by atoms with Crippen molar-refractivity contribution < 1.29 is 9.53 Å². The normalized spacial score (nSPS) is 25.6. The standard InChI is InChI=1S/C21H32N4O2/c1-17-4-2-3-9-25(17)20-6-5-18(16-22-20)21(26)24-10-7-19(8-11-24)23-12-14-27-15-13-23/h5-6,16-17,19H,2-4,7-15H2,1H3/t17-/m1/s1. The first kappa shape index (κ1) is 18.7. The SMILES string of the molecule is C[C@@H]1CCCCN1c1ccc(C(=O)N2CCC(N3CCOCC3)CC2)cn1. The Morgan fingerprint density at radius 3 is 2.48 bits per heavy atom. The van der Waals surface area contributed by atoms with Gasteiger partial charge in [-0.2, -0.15) is 0 Å². The summed E-state index contributed by atoms with van der Waals surface area (Å²) in [6.45, 7) is 8.74. The van der Waals surface area contributed by atoms with Crippen molar-refractivity contribution in [1.29, 1.82) is 0 Å². The van der Waals surface area contributed by atoms with E-state index in [9.17, 15) is 4.79 Å². The summed E-state index contributed by atoms with van der Waals surface area (Å²) >= 11 is 0. The van der Waals surface area contributed by atoms with Crippen molar-refractivity contribution in [3.05, 3.63) is 23.9 Å². The summed E-state index contributed by atoms with van der Waals surface area (Å²) in [5.74, 6) is 1.13. The van der Waals surface area contributed by atoms with Crippen LogP contribution in [0.15, 0.2) is 18.3 Å². The topological polar surface area (TPSA) is 48.9 Å². The quantitative estimate of drug-likeness (QED) is 0.815. The van der Waals surface area contributed by atoms with Gasteiger partial charge in [0.15, 0.2) is 0 Å². The second-order valence-corrected chi connectivity index (χ2v) is 8.11. The zero-order chi connectivity index (χ0) is 18.6. The summed E-state index contributed by atoms with van der Waals surface area (Å²) in [5, 5.41) is 0. The smallest absolute Gasteiger partial charge is 0.255 e. The summed E-state index contributed by atoms with van der Waals surface area (Å²) in [7, 11) is 0. The first-order valence-corrected chi connectivity index (χ1v) is 10.6. The molecule has 6 heteroatoms. The zero-order valence-corrected chi connectivity index (χ0v) is 16.5. The fourth-order valence-electron chi connectivity index (χ4n) is 4.68. The minimum atomic E-state index is 0.126. The zero-order valence-electron chi connectivity index (χ0n) is 16.5. The third-order valence-corrected chi connectivity index (χ3v) is 6.41. The third kappa shape index (κ3) is 4.27. The number of hydrogen-bond acceptors (Lipinski definition) is 5. The van der Waals surface area contributed by atoms with Crippen LogP contribution in [0.1, 0.15) is 49.4 Å². The lowest BCUT2D eigenvalue weighted by Crippen LogP contribution is -2.50. The Labute approximate surface area is 162 Å². The largest absolute Gasteiger partial charge is 0.379 e. The van der Waals surface area contributed by atoms with Gasteiger partial charge in [-0.3, -0.25) is 9.69 Å². The fourth-order valence-corrected chi connectivity index (χ4v) is 4.68. The van der Waals surface area contributed by atoms with Crippen LogP contribution in [0.2, 0.25) is 0 Å². The van der Waals surface area contributed by atoms with Gasteiger partial charge >= 0.3 is 0 Å². The number of carbonyl (C=O) groups is 1. The molecule has 148 valence electrons. The molecule has 1 aromatic rings. The van der Waals surface area contributed by atoms with Crippen molar-refractivity contribution in [2.45, 2.75) is 51.1 Å². The molecule has 0 spiro atoms. The summed E-state index contributed by atoms with van der Waals surface area (Å²) in [6.07, 6.45) is 7.64. The number of rotatable bonds is 3. The Hall–Kier alpha value is -1.66. The Balaban J connectivity index is 1.33. The highest BCUT2D eigenvalue weighted by molar-refractivity contribution is 5.94. The second kappa shape index (κ2) is 8.57. The monoisotopic (exact) mass is 372 g/mol. The molecule has 0 unspecified atom stereocenters. The number of morpholine rings is 1. The molecular weight excluding hydrogens is 340 g/mol. The Morgan fingerprint density at radius 2 is 1.81 bits per heavy atom. The molecule has 1 atom stereocenters. The van der Waals surface area contributed by atoms with Crippen molar-refractivity contribution in [3.8, 4) is 0 Å².